The Morgan fingerprint density at radius 2 is 2.04 bits per heavy atom. The van der Waals surface area contributed by atoms with E-state index in [1.807, 2.05) is 53.4 Å². The van der Waals surface area contributed by atoms with E-state index in [1.165, 1.54) is 0 Å². The predicted octanol–water partition coefficient (Wildman–Crippen LogP) is 1.30. The monoisotopic (exact) mass is 378 g/mol. The van der Waals surface area contributed by atoms with Gasteiger partial charge in [0.05, 0.1) is 13.7 Å². The summed E-state index contributed by atoms with van der Waals surface area (Å²) in [5, 5.41) is 11.1. The molecule has 8 heteroatoms. The highest BCUT2D eigenvalue weighted by molar-refractivity contribution is 5.94. The van der Waals surface area contributed by atoms with E-state index in [0.717, 1.165) is 16.9 Å². The number of methoxy groups -OCH3 is 1. The number of rotatable bonds is 5. The lowest BCUT2D eigenvalue weighted by Crippen LogP contribution is -2.32. The van der Waals surface area contributed by atoms with Gasteiger partial charge in [-0.3, -0.25) is 4.79 Å². The summed E-state index contributed by atoms with van der Waals surface area (Å²) < 4.78 is 6.94. The molecule has 1 amide bonds. The molecule has 0 spiro atoms. The molecule has 1 aromatic heterocycles. The summed E-state index contributed by atoms with van der Waals surface area (Å²) >= 11 is 0. The zero-order chi connectivity index (χ0) is 19.5. The van der Waals surface area contributed by atoms with E-state index in [4.69, 9.17) is 10.5 Å². The molecule has 0 saturated carbocycles. The molecule has 28 heavy (non-hydrogen) atoms. The van der Waals surface area contributed by atoms with Crippen molar-refractivity contribution in [2.24, 2.45) is 5.73 Å². The highest BCUT2D eigenvalue weighted by Crippen LogP contribution is 2.29. The standard InChI is InChI=1S/C20H22N6O2/c1-28-17-4-2-3-16(9-17)18-11-25(12-19(18)21)20(27)15-7-5-14(6-8-15)10-26-13-22-23-24-26/h2-9,13,18-19H,10-12,21H2,1H3/t18-,19+/m0/s1. The predicted molar refractivity (Wildman–Crippen MR) is 103 cm³/mol. The topological polar surface area (TPSA) is 99.2 Å². The van der Waals surface area contributed by atoms with Crippen LogP contribution in [0.2, 0.25) is 0 Å². The van der Waals surface area contributed by atoms with Gasteiger partial charge in [-0.25, -0.2) is 4.68 Å². The normalized spacial score (nSPS) is 19.0. The second kappa shape index (κ2) is 7.77. The van der Waals surface area contributed by atoms with Gasteiger partial charge < -0.3 is 15.4 Å². The highest BCUT2D eigenvalue weighted by atomic mass is 16.5. The first-order chi connectivity index (χ1) is 13.6. The van der Waals surface area contributed by atoms with Crippen molar-refractivity contribution in [3.8, 4) is 5.75 Å². The first-order valence-corrected chi connectivity index (χ1v) is 9.12. The first kappa shape index (κ1) is 18.1. The van der Waals surface area contributed by atoms with E-state index in [0.29, 0.717) is 25.2 Å². The van der Waals surface area contributed by atoms with Gasteiger partial charge in [-0.2, -0.15) is 0 Å². The summed E-state index contributed by atoms with van der Waals surface area (Å²) in [6.07, 6.45) is 1.56. The van der Waals surface area contributed by atoms with Gasteiger partial charge >= 0.3 is 0 Å². The molecule has 0 radical (unpaired) electrons. The van der Waals surface area contributed by atoms with Crippen molar-refractivity contribution in [1.29, 1.82) is 0 Å². The zero-order valence-electron chi connectivity index (χ0n) is 15.6. The van der Waals surface area contributed by atoms with Crippen LogP contribution < -0.4 is 10.5 Å². The smallest absolute Gasteiger partial charge is 0.253 e. The fourth-order valence-corrected chi connectivity index (χ4v) is 3.59. The summed E-state index contributed by atoms with van der Waals surface area (Å²) in [4.78, 5) is 14.8. The SMILES string of the molecule is COc1cccc([C@@H]2CN(C(=O)c3ccc(Cn4cnnn4)cc3)C[C@H]2N)c1. The van der Waals surface area contributed by atoms with Gasteiger partial charge in [-0.05, 0) is 45.8 Å². The van der Waals surface area contributed by atoms with E-state index in [9.17, 15) is 4.79 Å². The number of carbonyl (C=O) groups is 1. The van der Waals surface area contributed by atoms with Crippen molar-refractivity contribution >= 4 is 5.91 Å². The summed E-state index contributed by atoms with van der Waals surface area (Å²) in [6, 6.07) is 15.3. The van der Waals surface area contributed by atoms with Crippen LogP contribution in [0.25, 0.3) is 0 Å². The zero-order valence-corrected chi connectivity index (χ0v) is 15.6. The van der Waals surface area contributed by atoms with Crippen molar-refractivity contribution < 1.29 is 9.53 Å². The van der Waals surface area contributed by atoms with E-state index < -0.39 is 0 Å². The van der Waals surface area contributed by atoms with Crippen LogP contribution in [0.4, 0.5) is 0 Å². The third kappa shape index (κ3) is 3.72. The molecule has 1 aliphatic rings. The summed E-state index contributed by atoms with van der Waals surface area (Å²) in [5.41, 5.74) is 9.12. The Morgan fingerprint density at radius 3 is 2.75 bits per heavy atom. The third-order valence-electron chi connectivity index (χ3n) is 5.11. The minimum atomic E-state index is -0.102. The molecule has 2 heterocycles. The Labute approximate surface area is 162 Å². The number of benzene rings is 2. The van der Waals surface area contributed by atoms with Gasteiger partial charge in [0.2, 0.25) is 0 Å². The van der Waals surface area contributed by atoms with Crippen LogP contribution in [-0.4, -0.2) is 57.3 Å². The molecular formula is C20H22N6O2. The maximum Gasteiger partial charge on any atom is 0.253 e. The maximum absolute atomic E-state index is 12.9. The molecule has 1 fully saturated rings. The molecule has 3 aromatic rings. The minimum Gasteiger partial charge on any atom is -0.497 e. The lowest BCUT2D eigenvalue weighted by atomic mass is 9.95. The summed E-state index contributed by atoms with van der Waals surface area (Å²) in [6.45, 7) is 1.70. The van der Waals surface area contributed by atoms with Crippen LogP contribution >= 0.6 is 0 Å². The lowest BCUT2D eigenvalue weighted by molar-refractivity contribution is 0.0789. The van der Waals surface area contributed by atoms with E-state index in [2.05, 4.69) is 15.5 Å². The molecule has 1 aliphatic heterocycles. The molecular weight excluding hydrogens is 356 g/mol. The fraction of sp³-hybridized carbons (Fsp3) is 0.300. The number of hydrogen-bond donors (Lipinski definition) is 1. The second-order valence-electron chi connectivity index (χ2n) is 6.96. The van der Waals surface area contributed by atoms with E-state index >= 15 is 0 Å². The third-order valence-corrected chi connectivity index (χ3v) is 5.11. The Morgan fingerprint density at radius 1 is 1.21 bits per heavy atom. The average molecular weight is 378 g/mol. The molecule has 1 saturated heterocycles. The number of nitrogens with two attached hydrogens (primary N) is 1. The largest absolute Gasteiger partial charge is 0.497 e. The quantitative estimate of drug-likeness (QED) is 0.718. The molecule has 4 rings (SSSR count). The van der Waals surface area contributed by atoms with Crippen LogP contribution in [0.5, 0.6) is 5.75 Å². The molecule has 2 aromatic carbocycles. The van der Waals surface area contributed by atoms with Gasteiger partial charge in [0.25, 0.3) is 5.91 Å². The van der Waals surface area contributed by atoms with Crippen LogP contribution in [-0.2, 0) is 6.54 Å². The van der Waals surface area contributed by atoms with Crippen LogP contribution in [0.15, 0.2) is 54.9 Å². The number of ether oxygens (including phenoxy) is 1. The second-order valence-corrected chi connectivity index (χ2v) is 6.96. The number of hydrogen-bond acceptors (Lipinski definition) is 6. The molecule has 2 N–H and O–H groups in total. The molecule has 0 unspecified atom stereocenters. The van der Waals surface area contributed by atoms with Crippen molar-refractivity contribution in [1.82, 2.24) is 25.1 Å². The number of amides is 1. The van der Waals surface area contributed by atoms with E-state index in [1.54, 1.807) is 18.1 Å². The molecule has 0 bridgehead atoms. The number of nitrogens with zero attached hydrogens (tertiary/aromatic N) is 5. The molecule has 8 nitrogen and oxygen atoms in total. The number of tetrazole rings is 1. The van der Waals surface area contributed by atoms with Gasteiger partial charge in [-0.1, -0.05) is 24.3 Å². The number of likely N-dealkylation sites (tertiary alicyclic amines) is 1. The van der Waals surface area contributed by atoms with Crippen LogP contribution in [0.1, 0.15) is 27.4 Å². The van der Waals surface area contributed by atoms with E-state index in [-0.39, 0.29) is 17.9 Å². The van der Waals surface area contributed by atoms with Gasteiger partial charge in [-0.15, -0.1) is 5.10 Å². The Balaban J connectivity index is 1.45. The van der Waals surface area contributed by atoms with Crippen LogP contribution in [0, 0.1) is 0 Å². The maximum atomic E-state index is 12.9. The summed E-state index contributed by atoms with van der Waals surface area (Å²) in [5.74, 6) is 0.889. The number of aromatic nitrogens is 4. The van der Waals surface area contributed by atoms with Crippen molar-refractivity contribution in [3.05, 3.63) is 71.5 Å². The fourth-order valence-electron chi connectivity index (χ4n) is 3.59. The molecule has 2 atom stereocenters. The summed E-state index contributed by atoms with van der Waals surface area (Å²) in [7, 11) is 1.65. The highest BCUT2D eigenvalue weighted by Gasteiger charge is 2.34. The number of carbonyl (C=O) groups excluding carboxylic acids is 1. The lowest BCUT2D eigenvalue weighted by Gasteiger charge is -2.17. The Bertz CT molecular complexity index is 942. The molecule has 144 valence electrons. The average Bonchev–Trinajstić information content (AvgIpc) is 3.37. The molecule has 0 aliphatic carbocycles. The van der Waals surface area contributed by atoms with Crippen LogP contribution in [0.3, 0.4) is 0 Å². The van der Waals surface area contributed by atoms with Gasteiger partial charge in [0, 0.05) is 30.6 Å². The minimum absolute atomic E-state index is 0.00480. The Kier molecular flexibility index (Phi) is 5.03. The van der Waals surface area contributed by atoms with Crippen molar-refractivity contribution in [3.63, 3.8) is 0 Å². The van der Waals surface area contributed by atoms with Crippen molar-refractivity contribution in [2.75, 3.05) is 20.2 Å². The van der Waals surface area contributed by atoms with Gasteiger partial charge in [0.1, 0.15) is 12.1 Å². The van der Waals surface area contributed by atoms with Crippen molar-refractivity contribution in [2.45, 2.75) is 18.5 Å². The Hall–Kier alpha value is -3.26. The van der Waals surface area contributed by atoms with Gasteiger partial charge in [0.15, 0.2) is 0 Å². The first-order valence-electron chi connectivity index (χ1n) is 9.12.